The van der Waals surface area contributed by atoms with E-state index in [2.05, 4.69) is 10.3 Å². The van der Waals surface area contributed by atoms with Gasteiger partial charge in [-0.25, -0.2) is 4.98 Å². The van der Waals surface area contributed by atoms with Gasteiger partial charge in [-0.15, -0.1) is 0 Å². The van der Waals surface area contributed by atoms with Crippen LogP contribution >= 0.6 is 0 Å². The van der Waals surface area contributed by atoms with Crippen LogP contribution in [0.4, 0.5) is 0 Å². The number of hydrogen-bond donors (Lipinski definition) is 2. The van der Waals surface area contributed by atoms with Crippen molar-refractivity contribution in [2.75, 3.05) is 7.11 Å². The lowest BCUT2D eigenvalue weighted by Crippen LogP contribution is -2.54. The summed E-state index contributed by atoms with van der Waals surface area (Å²) in [6.07, 6.45) is 1.58. The van der Waals surface area contributed by atoms with E-state index in [1.807, 2.05) is 20.8 Å². The van der Waals surface area contributed by atoms with Crippen molar-refractivity contribution in [2.24, 2.45) is 5.73 Å². The van der Waals surface area contributed by atoms with Crippen LogP contribution in [0.15, 0.2) is 18.3 Å². The fraction of sp³-hybridized carbons (Fsp3) is 0.500. The van der Waals surface area contributed by atoms with Gasteiger partial charge in [-0.3, -0.25) is 4.79 Å². The van der Waals surface area contributed by atoms with Crippen LogP contribution in [0.2, 0.25) is 0 Å². The van der Waals surface area contributed by atoms with Crippen LogP contribution in [-0.4, -0.2) is 29.6 Å². The summed E-state index contributed by atoms with van der Waals surface area (Å²) in [4.78, 5) is 16.0. The molecule has 0 saturated carbocycles. The number of aromatic nitrogens is 1. The zero-order chi connectivity index (χ0) is 13.1. The molecule has 1 unspecified atom stereocenters. The quantitative estimate of drug-likeness (QED) is 0.817. The Morgan fingerprint density at radius 3 is 2.76 bits per heavy atom. The van der Waals surface area contributed by atoms with Gasteiger partial charge in [-0.1, -0.05) is 0 Å². The second kappa shape index (κ2) is 5.14. The van der Waals surface area contributed by atoms with E-state index in [-0.39, 0.29) is 11.9 Å². The van der Waals surface area contributed by atoms with Crippen LogP contribution < -0.4 is 15.8 Å². The van der Waals surface area contributed by atoms with Gasteiger partial charge in [0.2, 0.25) is 5.88 Å². The predicted octanol–water partition coefficient (Wildman–Crippen LogP) is 0.946. The summed E-state index contributed by atoms with van der Waals surface area (Å²) in [5, 5.41) is 2.86. The molecule has 0 aliphatic heterocycles. The molecule has 1 atom stereocenters. The number of nitrogens with zero attached hydrogens (tertiary/aromatic N) is 1. The number of rotatable bonds is 4. The molecule has 1 heterocycles. The largest absolute Gasteiger partial charge is 0.480 e. The molecule has 1 rings (SSSR count). The van der Waals surface area contributed by atoms with E-state index in [0.29, 0.717) is 11.4 Å². The number of nitrogens with two attached hydrogens (primary N) is 1. The highest BCUT2D eigenvalue weighted by Gasteiger charge is 2.26. The molecule has 0 fully saturated rings. The first kappa shape index (κ1) is 13.4. The highest BCUT2D eigenvalue weighted by molar-refractivity contribution is 5.96. The Hall–Kier alpha value is -1.62. The van der Waals surface area contributed by atoms with Crippen molar-refractivity contribution in [3.8, 4) is 5.88 Å². The summed E-state index contributed by atoms with van der Waals surface area (Å²) in [5.41, 5.74) is 5.72. The molecule has 17 heavy (non-hydrogen) atoms. The van der Waals surface area contributed by atoms with E-state index in [1.165, 1.54) is 7.11 Å². The molecule has 0 saturated heterocycles. The summed E-state index contributed by atoms with van der Waals surface area (Å²) in [7, 11) is 1.48. The van der Waals surface area contributed by atoms with Crippen molar-refractivity contribution < 1.29 is 9.53 Å². The summed E-state index contributed by atoms with van der Waals surface area (Å²) in [5.74, 6) is 0.0720. The maximum Gasteiger partial charge on any atom is 0.257 e. The molecule has 0 aromatic carbocycles. The molecule has 94 valence electrons. The summed E-state index contributed by atoms with van der Waals surface area (Å²) in [6, 6.07) is 3.20. The van der Waals surface area contributed by atoms with E-state index in [1.54, 1.807) is 18.3 Å². The fourth-order valence-electron chi connectivity index (χ4n) is 1.20. The lowest BCUT2D eigenvalue weighted by atomic mass is 9.96. The Labute approximate surface area is 101 Å². The number of pyridine rings is 1. The van der Waals surface area contributed by atoms with E-state index >= 15 is 0 Å². The number of amides is 1. The molecule has 0 aliphatic carbocycles. The molecule has 0 radical (unpaired) electrons. The SMILES string of the molecule is COc1ncccc1C(=O)NC(C)(C)C(C)N. The monoisotopic (exact) mass is 237 g/mol. The first-order chi connectivity index (χ1) is 7.88. The van der Waals surface area contributed by atoms with Crippen LogP contribution in [0.3, 0.4) is 0 Å². The van der Waals surface area contributed by atoms with Crippen LogP contribution in [0, 0.1) is 0 Å². The highest BCUT2D eigenvalue weighted by atomic mass is 16.5. The Morgan fingerprint density at radius 1 is 1.59 bits per heavy atom. The van der Waals surface area contributed by atoms with Gasteiger partial charge < -0.3 is 15.8 Å². The predicted molar refractivity (Wildman–Crippen MR) is 66.0 cm³/mol. The van der Waals surface area contributed by atoms with E-state index in [0.717, 1.165) is 0 Å². The van der Waals surface area contributed by atoms with E-state index in [9.17, 15) is 4.79 Å². The third-order valence-electron chi connectivity index (χ3n) is 2.78. The summed E-state index contributed by atoms with van der Waals surface area (Å²) >= 11 is 0. The lowest BCUT2D eigenvalue weighted by molar-refractivity contribution is 0.0899. The Morgan fingerprint density at radius 2 is 2.24 bits per heavy atom. The second-order valence-corrected chi connectivity index (χ2v) is 4.52. The van der Waals surface area contributed by atoms with Crippen molar-refractivity contribution in [3.63, 3.8) is 0 Å². The maximum atomic E-state index is 12.1. The Kier molecular flexibility index (Phi) is 4.07. The van der Waals surface area contributed by atoms with Crippen molar-refractivity contribution in [2.45, 2.75) is 32.4 Å². The average molecular weight is 237 g/mol. The van der Waals surface area contributed by atoms with Crippen molar-refractivity contribution >= 4 is 5.91 Å². The van der Waals surface area contributed by atoms with Gasteiger partial charge in [0.05, 0.1) is 7.11 Å². The minimum absolute atomic E-state index is 0.158. The maximum absolute atomic E-state index is 12.1. The van der Waals surface area contributed by atoms with Gasteiger partial charge in [0.25, 0.3) is 5.91 Å². The minimum Gasteiger partial charge on any atom is -0.480 e. The number of nitrogens with one attached hydrogen (secondary N) is 1. The second-order valence-electron chi connectivity index (χ2n) is 4.52. The molecule has 0 aliphatic rings. The van der Waals surface area contributed by atoms with Crippen LogP contribution in [-0.2, 0) is 0 Å². The Bertz CT molecular complexity index is 402. The zero-order valence-corrected chi connectivity index (χ0v) is 10.7. The average Bonchev–Trinajstić information content (AvgIpc) is 2.28. The molecule has 5 nitrogen and oxygen atoms in total. The first-order valence-corrected chi connectivity index (χ1v) is 5.45. The molecule has 1 amide bonds. The minimum atomic E-state index is -0.488. The first-order valence-electron chi connectivity index (χ1n) is 5.45. The van der Waals surface area contributed by atoms with Gasteiger partial charge in [0.15, 0.2) is 0 Å². The van der Waals surface area contributed by atoms with E-state index in [4.69, 9.17) is 10.5 Å². The number of methoxy groups -OCH3 is 1. The van der Waals surface area contributed by atoms with E-state index < -0.39 is 5.54 Å². The molecule has 5 heteroatoms. The van der Waals surface area contributed by atoms with Crippen molar-refractivity contribution in [3.05, 3.63) is 23.9 Å². The molecule has 3 N–H and O–H groups in total. The van der Waals surface area contributed by atoms with Gasteiger partial charge in [-0.05, 0) is 32.9 Å². The molecule has 0 spiro atoms. The molecular formula is C12H19N3O2. The molecule has 0 bridgehead atoms. The zero-order valence-electron chi connectivity index (χ0n) is 10.7. The topological polar surface area (TPSA) is 77.2 Å². The standard InChI is InChI=1S/C12H19N3O2/c1-8(13)12(2,3)15-10(16)9-6-5-7-14-11(9)17-4/h5-8H,13H2,1-4H3,(H,15,16). The number of hydrogen-bond acceptors (Lipinski definition) is 4. The lowest BCUT2D eigenvalue weighted by Gasteiger charge is -2.30. The van der Waals surface area contributed by atoms with Crippen molar-refractivity contribution in [1.29, 1.82) is 0 Å². The molecule has 1 aromatic rings. The smallest absolute Gasteiger partial charge is 0.257 e. The van der Waals surface area contributed by atoms with Crippen LogP contribution in [0.1, 0.15) is 31.1 Å². The fourth-order valence-corrected chi connectivity index (χ4v) is 1.20. The molecule has 1 aromatic heterocycles. The summed E-state index contributed by atoms with van der Waals surface area (Å²) < 4.78 is 5.04. The van der Waals surface area contributed by atoms with Gasteiger partial charge in [-0.2, -0.15) is 0 Å². The van der Waals surface area contributed by atoms with Crippen LogP contribution in [0.5, 0.6) is 5.88 Å². The van der Waals surface area contributed by atoms with Gasteiger partial charge in [0.1, 0.15) is 5.56 Å². The van der Waals surface area contributed by atoms with Gasteiger partial charge in [0, 0.05) is 17.8 Å². The van der Waals surface area contributed by atoms with Crippen LogP contribution in [0.25, 0.3) is 0 Å². The third-order valence-corrected chi connectivity index (χ3v) is 2.78. The number of ether oxygens (including phenoxy) is 1. The number of carbonyl (C=O) groups is 1. The number of carbonyl (C=O) groups excluding carboxylic acids is 1. The highest BCUT2D eigenvalue weighted by Crippen LogP contribution is 2.15. The Balaban J connectivity index is 2.91. The summed E-state index contributed by atoms with van der Waals surface area (Å²) in [6.45, 7) is 5.59. The normalized spacial score (nSPS) is 13.0. The van der Waals surface area contributed by atoms with Gasteiger partial charge >= 0.3 is 0 Å². The molecular weight excluding hydrogens is 218 g/mol. The van der Waals surface area contributed by atoms with Crippen molar-refractivity contribution in [1.82, 2.24) is 10.3 Å². The third kappa shape index (κ3) is 3.17.